The Morgan fingerprint density at radius 2 is 1.65 bits per heavy atom. The van der Waals surface area contributed by atoms with Crippen molar-refractivity contribution in [3.05, 3.63) is 29.8 Å². The van der Waals surface area contributed by atoms with Gasteiger partial charge in [-0.25, -0.2) is 13.1 Å². The van der Waals surface area contributed by atoms with Crippen LogP contribution in [-0.4, -0.2) is 22.0 Å². The van der Waals surface area contributed by atoms with Crippen molar-refractivity contribution in [1.29, 1.82) is 0 Å². The Morgan fingerprint density at radius 3 is 2.15 bits per heavy atom. The minimum absolute atomic E-state index is 0.251. The van der Waals surface area contributed by atoms with Crippen molar-refractivity contribution < 1.29 is 8.42 Å². The van der Waals surface area contributed by atoms with Gasteiger partial charge in [0, 0.05) is 11.1 Å². The summed E-state index contributed by atoms with van der Waals surface area (Å²) in [7, 11) is -5.10. The van der Waals surface area contributed by atoms with Crippen molar-refractivity contribution >= 4 is 18.1 Å². The van der Waals surface area contributed by atoms with Gasteiger partial charge in [0.2, 0.25) is 10.0 Å². The third kappa shape index (κ3) is 5.49. The lowest BCUT2D eigenvalue weighted by atomic mass is 10.1. The van der Waals surface area contributed by atoms with Gasteiger partial charge in [0.15, 0.2) is 0 Å². The molecule has 1 N–H and O–H groups in total. The first-order valence-corrected chi connectivity index (χ1v) is 11.6. The number of hydrogen-bond acceptors (Lipinski definition) is 2. The van der Waals surface area contributed by atoms with Crippen LogP contribution in [0.5, 0.6) is 0 Å². The van der Waals surface area contributed by atoms with E-state index in [0.717, 1.165) is 0 Å². The highest BCUT2D eigenvalue weighted by Crippen LogP contribution is 2.17. The molecule has 1 aromatic carbocycles. The molecule has 0 aromatic heterocycles. The molecule has 1 rings (SSSR count). The highest BCUT2D eigenvalue weighted by Gasteiger charge is 2.23. The maximum absolute atomic E-state index is 12.4. The van der Waals surface area contributed by atoms with Crippen molar-refractivity contribution in [2.45, 2.75) is 50.8 Å². The summed E-state index contributed by atoms with van der Waals surface area (Å²) in [4.78, 5) is 0.251. The Bertz CT molecular complexity index is 641. The first-order chi connectivity index (χ1) is 8.91. The first kappa shape index (κ1) is 17.0. The molecule has 0 aliphatic carbocycles. The quantitative estimate of drug-likeness (QED) is 0.674. The minimum atomic E-state index is -3.55. The minimum Gasteiger partial charge on any atom is -0.207 e. The molecule has 0 saturated carbocycles. The Balaban J connectivity index is 3.30. The fraction of sp³-hybridized carbons (Fsp3) is 0.467. The van der Waals surface area contributed by atoms with Crippen LogP contribution in [0.15, 0.2) is 29.2 Å². The van der Waals surface area contributed by atoms with E-state index in [-0.39, 0.29) is 4.90 Å². The van der Waals surface area contributed by atoms with Crippen LogP contribution in [0.1, 0.15) is 26.3 Å². The zero-order valence-electron chi connectivity index (χ0n) is 13.0. The van der Waals surface area contributed by atoms with Crippen LogP contribution in [0.4, 0.5) is 0 Å². The van der Waals surface area contributed by atoms with E-state index in [1.54, 1.807) is 18.2 Å². The molecule has 0 radical (unpaired) electrons. The van der Waals surface area contributed by atoms with Crippen LogP contribution in [0, 0.1) is 11.5 Å². The third-order valence-corrected chi connectivity index (χ3v) is 4.88. The van der Waals surface area contributed by atoms with E-state index < -0.39 is 23.6 Å². The molecule has 0 amide bonds. The predicted molar refractivity (Wildman–Crippen MR) is 86.7 cm³/mol. The van der Waals surface area contributed by atoms with Crippen LogP contribution in [-0.2, 0) is 10.0 Å². The average molecular weight is 310 g/mol. The number of sulfonamides is 1. The van der Waals surface area contributed by atoms with Gasteiger partial charge in [-0.1, -0.05) is 37.7 Å². The van der Waals surface area contributed by atoms with Crippen molar-refractivity contribution in [2.24, 2.45) is 0 Å². The zero-order chi connectivity index (χ0) is 15.6. The molecule has 0 heterocycles. The van der Waals surface area contributed by atoms with E-state index in [2.05, 4.69) is 35.8 Å². The number of rotatable bonds is 2. The number of nitrogens with one attached hydrogen (secondary N) is 1. The fourth-order valence-electron chi connectivity index (χ4n) is 1.52. The maximum atomic E-state index is 12.4. The van der Waals surface area contributed by atoms with E-state index in [9.17, 15) is 8.42 Å². The third-order valence-electron chi connectivity index (χ3n) is 2.19. The Labute approximate surface area is 123 Å². The SMILES string of the molecule is CC(C)(C)NS(=O)(=O)c1ccccc1C#C[Si](C)(C)C. The molecular weight excluding hydrogens is 286 g/mol. The molecule has 0 aliphatic rings. The van der Waals surface area contributed by atoms with E-state index in [1.165, 1.54) is 0 Å². The summed E-state index contributed by atoms with van der Waals surface area (Å²) in [6.07, 6.45) is 0. The normalized spacial score (nSPS) is 12.7. The molecule has 0 spiro atoms. The molecule has 20 heavy (non-hydrogen) atoms. The van der Waals surface area contributed by atoms with Gasteiger partial charge in [-0.3, -0.25) is 0 Å². The van der Waals surface area contributed by atoms with E-state index in [1.807, 2.05) is 26.8 Å². The zero-order valence-corrected chi connectivity index (χ0v) is 14.9. The summed E-state index contributed by atoms with van der Waals surface area (Å²) < 4.78 is 27.5. The van der Waals surface area contributed by atoms with Gasteiger partial charge >= 0.3 is 0 Å². The summed E-state index contributed by atoms with van der Waals surface area (Å²) in [5.74, 6) is 3.04. The van der Waals surface area contributed by atoms with Gasteiger partial charge in [-0.2, -0.15) is 0 Å². The molecular formula is C15H23NO2SSi. The summed E-state index contributed by atoms with van der Waals surface area (Å²) >= 11 is 0. The van der Waals surface area contributed by atoms with Gasteiger partial charge < -0.3 is 0 Å². The van der Waals surface area contributed by atoms with Gasteiger partial charge in [0.05, 0.1) is 4.90 Å². The van der Waals surface area contributed by atoms with Crippen LogP contribution in [0.2, 0.25) is 19.6 Å². The van der Waals surface area contributed by atoms with Crippen molar-refractivity contribution in [2.75, 3.05) is 0 Å². The number of benzene rings is 1. The summed E-state index contributed by atoms with van der Waals surface area (Å²) in [6, 6.07) is 6.88. The van der Waals surface area contributed by atoms with Crippen LogP contribution in [0.3, 0.4) is 0 Å². The lowest BCUT2D eigenvalue weighted by Gasteiger charge is -2.20. The fourth-order valence-corrected chi connectivity index (χ4v) is 3.61. The second-order valence-corrected chi connectivity index (χ2v) is 13.3. The lowest BCUT2D eigenvalue weighted by Crippen LogP contribution is -2.40. The Kier molecular flexibility index (Phi) is 4.85. The second kappa shape index (κ2) is 5.72. The summed E-state index contributed by atoms with van der Waals surface area (Å²) in [5.41, 5.74) is 3.26. The van der Waals surface area contributed by atoms with Crippen LogP contribution >= 0.6 is 0 Å². The first-order valence-electron chi connectivity index (χ1n) is 6.57. The van der Waals surface area contributed by atoms with Crippen molar-refractivity contribution in [3.63, 3.8) is 0 Å². The molecule has 0 unspecified atom stereocenters. The molecule has 0 saturated heterocycles. The Hall–Kier alpha value is -1.09. The summed E-state index contributed by atoms with van der Waals surface area (Å²) in [6.45, 7) is 11.8. The van der Waals surface area contributed by atoms with Gasteiger partial charge in [-0.05, 0) is 32.9 Å². The molecule has 1 aromatic rings. The van der Waals surface area contributed by atoms with Crippen LogP contribution < -0.4 is 4.72 Å². The molecule has 110 valence electrons. The van der Waals surface area contributed by atoms with E-state index in [0.29, 0.717) is 5.56 Å². The second-order valence-electron chi connectivity index (χ2n) is 6.85. The maximum Gasteiger partial charge on any atom is 0.242 e. The topological polar surface area (TPSA) is 46.2 Å². The molecule has 0 aliphatic heterocycles. The molecule has 3 nitrogen and oxygen atoms in total. The van der Waals surface area contributed by atoms with Crippen molar-refractivity contribution in [3.8, 4) is 11.5 Å². The molecule has 5 heteroatoms. The molecule has 0 bridgehead atoms. The molecule has 0 fully saturated rings. The van der Waals surface area contributed by atoms with Gasteiger partial charge in [0.1, 0.15) is 8.07 Å². The smallest absolute Gasteiger partial charge is 0.207 e. The monoisotopic (exact) mass is 309 g/mol. The standard InChI is InChI=1S/C15H23NO2SSi/c1-15(2,3)16-19(17,18)14-10-8-7-9-13(14)11-12-20(4,5)6/h7-10,16H,1-6H3. The van der Waals surface area contributed by atoms with Crippen molar-refractivity contribution in [1.82, 2.24) is 4.72 Å². The highest BCUT2D eigenvalue weighted by molar-refractivity contribution is 7.89. The molecule has 0 atom stereocenters. The highest BCUT2D eigenvalue weighted by atomic mass is 32.2. The Morgan fingerprint density at radius 1 is 1.10 bits per heavy atom. The van der Waals surface area contributed by atoms with E-state index in [4.69, 9.17) is 0 Å². The van der Waals surface area contributed by atoms with Gasteiger partial charge in [0.25, 0.3) is 0 Å². The predicted octanol–water partition coefficient (Wildman–Crippen LogP) is 2.99. The average Bonchev–Trinajstić information content (AvgIpc) is 2.22. The van der Waals surface area contributed by atoms with Crippen LogP contribution in [0.25, 0.3) is 0 Å². The largest absolute Gasteiger partial charge is 0.242 e. The van der Waals surface area contributed by atoms with Gasteiger partial charge in [-0.15, -0.1) is 5.54 Å². The lowest BCUT2D eigenvalue weighted by molar-refractivity contribution is 0.491. The number of hydrogen-bond donors (Lipinski definition) is 1. The summed E-state index contributed by atoms with van der Waals surface area (Å²) in [5, 5.41) is 0. The van der Waals surface area contributed by atoms with E-state index >= 15 is 0 Å².